The summed E-state index contributed by atoms with van der Waals surface area (Å²) >= 11 is 7.09. The van der Waals surface area contributed by atoms with Crippen molar-refractivity contribution >= 4 is 29.2 Å². The Morgan fingerprint density at radius 1 is 1.21 bits per heavy atom. The Morgan fingerprint density at radius 2 is 1.95 bits per heavy atom. The molecule has 0 heterocycles. The van der Waals surface area contributed by atoms with Gasteiger partial charge in [-0.25, -0.2) is 4.39 Å². The second-order valence-electron chi connectivity index (χ2n) is 3.66. The van der Waals surface area contributed by atoms with Gasteiger partial charge in [0.15, 0.2) is 5.84 Å². The molecule has 2 aromatic rings. The summed E-state index contributed by atoms with van der Waals surface area (Å²) < 4.78 is 13.6. The van der Waals surface area contributed by atoms with E-state index in [0.29, 0.717) is 20.4 Å². The van der Waals surface area contributed by atoms with Gasteiger partial charge in [-0.1, -0.05) is 40.7 Å². The van der Waals surface area contributed by atoms with Crippen molar-refractivity contribution in [3.63, 3.8) is 0 Å². The lowest BCUT2D eigenvalue weighted by molar-refractivity contribution is 0.318. The van der Waals surface area contributed by atoms with E-state index < -0.39 is 0 Å². The topological polar surface area (TPSA) is 58.6 Å². The summed E-state index contributed by atoms with van der Waals surface area (Å²) in [6.45, 7) is 0. The zero-order chi connectivity index (χ0) is 13.8. The maximum Gasteiger partial charge on any atom is 0.171 e. The lowest BCUT2D eigenvalue weighted by atomic mass is 10.2. The molecule has 0 unspecified atom stereocenters. The number of rotatable bonds is 3. The molecule has 0 radical (unpaired) electrons. The Kier molecular flexibility index (Phi) is 4.29. The number of amidine groups is 1. The summed E-state index contributed by atoms with van der Waals surface area (Å²) in [7, 11) is 0. The van der Waals surface area contributed by atoms with Crippen LogP contribution >= 0.6 is 23.4 Å². The van der Waals surface area contributed by atoms with Crippen LogP contribution in [0.25, 0.3) is 0 Å². The minimum atomic E-state index is -0.335. The van der Waals surface area contributed by atoms with Gasteiger partial charge in [0.25, 0.3) is 0 Å². The van der Waals surface area contributed by atoms with E-state index in [-0.39, 0.29) is 11.7 Å². The lowest BCUT2D eigenvalue weighted by Crippen LogP contribution is -2.14. The molecule has 0 aromatic heterocycles. The van der Waals surface area contributed by atoms with E-state index in [1.54, 1.807) is 36.4 Å². The molecule has 98 valence electrons. The first-order valence-electron chi connectivity index (χ1n) is 5.31. The highest BCUT2D eigenvalue weighted by atomic mass is 35.5. The van der Waals surface area contributed by atoms with Crippen LogP contribution in [0.1, 0.15) is 5.56 Å². The zero-order valence-electron chi connectivity index (χ0n) is 9.68. The molecule has 0 aliphatic heterocycles. The molecule has 2 rings (SSSR count). The van der Waals surface area contributed by atoms with Crippen molar-refractivity contribution < 1.29 is 9.60 Å². The molecule has 3 nitrogen and oxygen atoms in total. The molecular weight excluding hydrogens is 287 g/mol. The first-order valence-corrected chi connectivity index (χ1v) is 6.51. The fourth-order valence-electron chi connectivity index (χ4n) is 1.49. The first-order chi connectivity index (χ1) is 9.11. The highest BCUT2D eigenvalue weighted by molar-refractivity contribution is 7.99. The quantitative estimate of drug-likeness (QED) is 0.393. The summed E-state index contributed by atoms with van der Waals surface area (Å²) in [5, 5.41) is 12.2. The van der Waals surface area contributed by atoms with Gasteiger partial charge in [0.2, 0.25) is 0 Å². The largest absolute Gasteiger partial charge is 0.409 e. The van der Waals surface area contributed by atoms with Crippen LogP contribution in [-0.4, -0.2) is 11.0 Å². The second kappa shape index (κ2) is 5.95. The third-order valence-corrected chi connectivity index (χ3v) is 3.73. The Hall–Kier alpha value is -1.72. The molecule has 0 atom stereocenters. The Bertz CT molecular complexity index is 634. The van der Waals surface area contributed by atoms with Gasteiger partial charge in [-0.2, -0.15) is 0 Å². The van der Waals surface area contributed by atoms with Gasteiger partial charge in [0, 0.05) is 20.4 Å². The van der Waals surface area contributed by atoms with Crippen molar-refractivity contribution in [3.05, 3.63) is 58.9 Å². The fourth-order valence-corrected chi connectivity index (χ4v) is 2.75. The summed E-state index contributed by atoms with van der Waals surface area (Å²) in [6, 6.07) is 11.3. The summed E-state index contributed by atoms with van der Waals surface area (Å²) in [5.74, 6) is -0.381. The SMILES string of the molecule is NC(=NO)c1ccc(Cl)cc1Sc1ccccc1F. The van der Waals surface area contributed by atoms with Crippen LogP contribution in [0.5, 0.6) is 0 Å². The van der Waals surface area contributed by atoms with E-state index in [1.807, 2.05) is 0 Å². The first kappa shape index (κ1) is 13.7. The molecule has 0 spiro atoms. The van der Waals surface area contributed by atoms with Crippen molar-refractivity contribution in [2.45, 2.75) is 9.79 Å². The molecule has 2 aromatic carbocycles. The molecule has 0 saturated carbocycles. The average molecular weight is 297 g/mol. The predicted octanol–water partition coefficient (Wildman–Crippen LogP) is 3.72. The molecule has 0 aliphatic rings. The maximum absolute atomic E-state index is 13.6. The minimum Gasteiger partial charge on any atom is -0.409 e. The van der Waals surface area contributed by atoms with E-state index in [4.69, 9.17) is 22.5 Å². The van der Waals surface area contributed by atoms with E-state index in [1.165, 1.54) is 17.8 Å². The van der Waals surface area contributed by atoms with Crippen LogP contribution in [-0.2, 0) is 0 Å². The van der Waals surface area contributed by atoms with Crippen LogP contribution in [0.15, 0.2) is 57.4 Å². The number of benzene rings is 2. The number of hydrogen-bond donors (Lipinski definition) is 2. The van der Waals surface area contributed by atoms with E-state index in [9.17, 15) is 4.39 Å². The smallest absolute Gasteiger partial charge is 0.171 e. The normalized spacial score (nSPS) is 11.6. The monoisotopic (exact) mass is 296 g/mol. The van der Waals surface area contributed by atoms with Crippen molar-refractivity contribution in [3.8, 4) is 0 Å². The van der Waals surface area contributed by atoms with Gasteiger partial charge >= 0.3 is 0 Å². The summed E-state index contributed by atoms with van der Waals surface area (Å²) in [5.41, 5.74) is 6.09. The molecule has 19 heavy (non-hydrogen) atoms. The predicted molar refractivity (Wildman–Crippen MR) is 74.5 cm³/mol. The number of hydrogen-bond acceptors (Lipinski definition) is 3. The van der Waals surface area contributed by atoms with E-state index in [2.05, 4.69) is 5.16 Å². The van der Waals surface area contributed by atoms with Crippen molar-refractivity contribution in [1.29, 1.82) is 0 Å². The van der Waals surface area contributed by atoms with Crippen molar-refractivity contribution in [2.24, 2.45) is 10.9 Å². The van der Waals surface area contributed by atoms with Crippen LogP contribution < -0.4 is 5.73 Å². The van der Waals surface area contributed by atoms with Gasteiger partial charge in [0.1, 0.15) is 5.82 Å². The van der Waals surface area contributed by atoms with Crippen molar-refractivity contribution in [1.82, 2.24) is 0 Å². The van der Waals surface area contributed by atoms with Gasteiger partial charge in [-0.05, 0) is 30.3 Å². The van der Waals surface area contributed by atoms with Crippen LogP contribution in [0, 0.1) is 5.82 Å². The zero-order valence-corrected chi connectivity index (χ0v) is 11.2. The standard InChI is InChI=1S/C13H10ClFN2OS/c14-8-5-6-9(13(16)17-18)12(7-8)19-11-4-2-1-3-10(11)15/h1-7,18H,(H2,16,17). The molecule has 0 aliphatic carbocycles. The summed E-state index contributed by atoms with van der Waals surface area (Å²) in [6.07, 6.45) is 0. The molecule has 6 heteroatoms. The van der Waals surface area contributed by atoms with E-state index >= 15 is 0 Å². The van der Waals surface area contributed by atoms with Gasteiger partial charge in [-0.3, -0.25) is 0 Å². The Labute approximate surface area is 118 Å². The van der Waals surface area contributed by atoms with Crippen LogP contribution in [0.4, 0.5) is 4.39 Å². The third kappa shape index (κ3) is 3.19. The van der Waals surface area contributed by atoms with Gasteiger partial charge in [0.05, 0.1) is 0 Å². The molecule has 0 saturated heterocycles. The highest BCUT2D eigenvalue weighted by Crippen LogP contribution is 2.33. The Balaban J connectivity index is 2.44. The number of oxime groups is 1. The molecule has 0 fully saturated rings. The van der Waals surface area contributed by atoms with Crippen LogP contribution in [0.2, 0.25) is 5.02 Å². The number of nitrogens with two attached hydrogens (primary N) is 1. The molecule has 0 bridgehead atoms. The third-order valence-electron chi connectivity index (χ3n) is 2.38. The second-order valence-corrected chi connectivity index (χ2v) is 5.18. The fraction of sp³-hybridized carbons (Fsp3) is 0. The van der Waals surface area contributed by atoms with Gasteiger partial charge in [-0.15, -0.1) is 0 Å². The molecule has 0 amide bonds. The lowest BCUT2D eigenvalue weighted by Gasteiger charge is -2.09. The van der Waals surface area contributed by atoms with E-state index in [0.717, 1.165) is 0 Å². The van der Waals surface area contributed by atoms with Crippen LogP contribution in [0.3, 0.4) is 0 Å². The molecule has 3 N–H and O–H groups in total. The number of nitrogens with zero attached hydrogens (tertiary/aromatic N) is 1. The molecular formula is C13H10ClFN2OS. The average Bonchev–Trinajstić information content (AvgIpc) is 2.41. The van der Waals surface area contributed by atoms with Crippen molar-refractivity contribution in [2.75, 3.05) is 0 Å². The highest BCUT2D eigenvalue weighted by Gasteiger charge is 2.11. The maximum atomic E-state index is 13.6. The Morgan fingerprint density at radius 3 is 2.63 bits per heavy atom. The van der Waals surface area contributed by atoms with Gasteiger partial charge < -0.3 is 10.9 Å². The number of halogens is 2. The minimum absolute atomic E-state index is 0.0458. The summed E-state index contributed by atoms with van der Waals surface area (Å²) in [4.78, 5) is 1.06.